The molecule has 2 rings (SSSR count). The van der Waals surface area contributed by atoms with Gasteiger partial charge in [0, 0.05) is 3.57 Å². The zero-order valence-corrected chi connectivity index (χ0v) is 10.5. The van der Waals surface area contributed by atoms with E-state index in [0.717, 1.165) is 3.57 Å². The average Bonchev–Trinajstić information content (AvgIpc) is 2.65. The number of hydrogen-bond acceptors (Lipinski definition) is 3. The first kappa shape index (κ1) is 10.8. The first-order valence-corrected chi connectivity index (χ1v) is 5.83. The van der Waals surface area contributed by atoms with Gasteiger partial charge in [0.05, 0.1) is 11.6 Å². The molecule has 0 saturated carbocycles. The topological polar surface area (TPSA) is 35.3 Å². The van der Waals surface area contributed by atoms with Crippen molar-refractivity contribution in [3.05, 3.63) is 39.8 Å². The van der Waals surface area contributed by atoms with Crippen LogP contribution in [0.1, 0.15) is 5.69 Å². The third-order valence-electron chi connectivity index (χ3n) is 1.67. The molecule has 0 fully saturated rings. The van der Waals surface area contributed by atoms with Crippen LogP contribution in [0.2, 0.25) is 0 Å². The third kappa shape index (κ3) is 2.85. The molecule has 5 heteroatoms. The lowest BCUT2D eigenvalue weighted by molar-refractivity contribution is 0.330. The fourth-order valence-corrected chi connectivity index (χ4v) is 1.67. The molecule has 0 atom stereocenters. The highest BCUT2D eigenvalue weighted by Crippen LogP contribution is 2.22. The van der Waals surface area contributed by atoms with Gasteiger partial charge in [-0.2, -0.15) is 4.98 Å². The summed E-state index contributed by atoms with van der Waals surface area (Å²) in [6.45, 7) is 0. The minimum atomic E-state index is 0.215. The Morgan fingerprint density at radius 3 is 3.00 bits per heavy atom. The molecule has 0 bridgehead atoms. The van der Waals surface area contributed by atoms with Crippen LogP contribution in [0.25, 0.3) is 0 Å². The van der Waals surface area contributed by atoms with Crippen LogP contribution in [-0.2, 0) is 5.88 Å². The molecular formula is C10H7ClINO2. The van der Waals surface area contributed by atoms with Crippen LogP contribution in [0.5, 0.6) is 11.8 Å². The van der Waals surface area contributed by atoms with Gasteiger partial charge in [0.25, 0.3) is 0 Å². The maximum atomic E-state index is 5.59. The summed E-state index contributed by atoms with van der Waals surface area (Å²) >= 11 is 7.80. The van der Waals surface area contributed by atoms with E-state index in [0.29, 0.717) is 17.3 Å². The van der Waals surface area contributed by atoms with Crippen LogP contribution in [0.4, 0.5) is 0 Å². The Labute approximate surface area is 106 Å². The molecule has 0 N–H and O–H groups in total. The van der Waals surface area contributed by atoms with Gasteiger partial charge in [-0.1, -0.05) is 6.07 Å². The summed E-state index contributed by atoms with van der Waals surface area (Å²) in [5.41, 5.74) is 0.664. The lowest BCUT2D eigenvalue weighted by Crippen LogP contribution is -1.85. The van der Waals surface area contributed by atoms with Gasteiger partial charge in [-0.15, -0.1) is 11.6 Å². The van der Waals surface area contributed by atoms with Gasteiger partial charge in [-0.3, -0.25) is 0 Å². The highest BCUT2D eigenvalue weighted by atomic mass is 127. The summed E-state index contributed by atoms with van der Waals surface area (Å²) in [5, 5.41) is 0. The van der Waals surface area contributed by atoms with E-state index in [1.807, 2.05) is 24.3 Å². The first-order valence-electron chi connectivity index (χ1n) is 4.22. The van der Waals surface area contributed by atoms with Crippen LogP contribution in [-0.4, -0.2) is 4.98 Å². The molecule has 0 aliphatic heterocycles. The number of hydrogen-bond donors (Lipinski definition) is 0. The molecule has 1 heterocycles. The summed E-state index contributed by atoms with van der Waals surface area (Å²) in [7, 11) is 0. The van der Waals surface area contributed by atoms with Gasteiger partial charge in [-0.25, -0.2) is 0 Å². The highest BCUT2D eigenvalue weighted by molar-refractivity contribution is 14.1. The summed E-state index contributed by atoms with van der Waals surface area (Å²) in [4.78, 5) is 4.03. The summed E-state index contributed by atoms with van der Waals surface area (Å²) in [6.07, 6.45) is 1.70. The van der Waals surface area contributed by atoms with Crippen molar-refractivity contribution < 1.29 is 9.15 Å². The molecule has 1 aromatic heterocycles. The van der Waals surface area contributed by atoms with Crippen LogP contribution in [0, 0.1) is 3.57 Å². The quantitative estimate of drug-likeness (QED) is 0.632. The minimum absolute atomic E-state index is 0.215. The number of halogens is 2. The van der Waals surface area contributed by atoms with Gasteiger partial charge >= 0.3 is 6.08 Å². The molecule has 2 aromatic rings. The maximum absolute atomic E-state index is 5.59. The van der Waals surface area contributed by atoms with Crippen LogP contribution in [0.3, 0.4) is 0 Å². The first-order chi connectivity index (χ1) is 7.28. The fraction of sp³-hybridized carbons (Fsp3) is 0.100. The van der Waals surface area contributed by atoms with Crippen LogP contribution < -0.4 is 4.74 Å². The van der Waals surface area contributed by atoms with E-state index < -0.39 is 0 Å². The summed E-state index contributed by atoms with van der Waals surface area (Å²) in [6, 6.07) is 7.62. The zero-order chi connectivity index (χ0) is 10.7. The van der Waals surface area contributed by atoms with E-state index in [1.54, 1.807) is 0 Å². The van der Waals surface area contributed by atoms with Crippen molar-refractivity contribution in [1.82, 2.24) is 4.98 Å². The average molecular weight is 336 g/mol. The smallest absolute Gasteiger partial charge is 0.399 e. The number of alkyl halides is 1. The molecule has 0 spiro atoms. The molecule has 1 aromatic carbocycles. The Morgan fingerprint density at radius 2 is 2.33 bits per heavy atom. The van der Waals surface area contributed by atoms with Gasteiger partial charge < -0.3 is 9.15 Å². The maximum Gasteiger partial charge on any atom is 0.399 e. The van der Waals surface area contributed by atoms with Crippen LogP contribution >= 0.6 is 34.2 Å². The number of aromatic nitrogens is 1. The Bertz CT molecular complexity index is 458. The lowest BCUT2D eigenvalue weighted by Gasteiger charge is -1.99. The predicted molar refractivity (Wildman–Crippen MR) is 65.3 cm³/mol. The molecule has 0 radical (unpaired) electrons. The Kier molecular flexibility index (Phi) is 3.48. The second-order valence-electron chi connectivity index (χ2n) is 2.80. The number of rotatable bonds is 3. The van der Waals surface area contributed by atoms with E-state index in [9.17, 15) is 0 Å². The molecule has 0 saturated heterocycles. The number of oxazole rings is 1. The lowest BCUT2D eigenvalue weighted by atomic mass is 10.3. The van der Waals surface area contributed by atoms with Crippen molar-refractivity contribution in [2.24, 2.45) is 0 Å². The van der Waals surface area contributed by atoms with Crippen molar-refractivity contribution in [2.45, 2.75) is 5.88 Å². The SMILES string of the molecule is ClCc1coc(Oc2cccc(I)c2)n1. The molecule has 0 aliphatic carbocycles. The molecule has 3 nitrogen and oxygen atoms in total. The van der Waals surface area contributed by atoms with E-state index in [1.165, 1.54) is 6.26 Å². The van der Waals surface area contributed by atoms with Crippen molar-refractivity contribution in [3.8, 4) is 11.8 Å². The molecule has 0 unspecified atom stereocenters. The van der Waals surface area contributed by atoms with Gasteiger partial charge in [0.1, 0.15) is 12.0 Å². The molecule has 15 heavy (non-hydrogen) atoms. The number of benzene rings is 1. The van der Waals surface area contributed by atoms with E-state index >= 15 is 0 Å². The van der Waals surface area contributed by atoms with Crippen LogP contribution in [0.15, 0.2) is 34.9 Å². The third-order valence-corrected chi connectivity index (χ3v) is 2.61. The second kappa shape index (κ2) is 4.85. The van der Waals surface area contributed by atoms with Gasteiger partial charge in [-0.05, 0) is 40.8 Å². The molecule has 0 amide bonds. The molecular weight excluding hydrogens is 328 g/mol. The van der Waals surface area contributed by atoms with Gasteiger partial charge in [0.15, 0.2) is 0 Å². The number of ether oxygens (including phenoxy) is 1. The Hall–Kier alpha value is -0.750. The summed E-state index contributed by atoms with van der Waals surface area (Å²) in [5.74, 6) is 1.02. The molecule has 78 valence electrons. The van der Waals surface area contributed by atoms with E-state index in [4.69, 9.17) is 20.8 Å². The molecule has 0 aliphatic rings. The van der Waals surface area contributed by atoms with Crippen molar-refractivity contribution in [1.29, 1.82) is 0 Å². The summed E-state index contributed by atoms with van der Waals surface area (Å²) < 4.78 is 11.6. The number of nitrogens with zero attached hydrogens (tertiary/aromatic N) is 1. The highest BCUT2D eigenvalue weighted by Gasteiger charge is 2.05. The van der Waals surface area contributed by atoms with Crippen molar-refractivity contribution >= 4 is 34.2 Å². The monoisotopic (exact) mass is 335 g/mol. The largest absolute Gasteiger partial charge is 0.417 e. The Balaban J connectivity index is 2.14. The predicted octanol–water partition coefficient (Wildman–Crippen LogP) is 3.81. The zero-order valence-electron chi connectivity index (χ0n) is 7.61. The van der Waals surface area contributed by atoms with Gasteiger partial charge in [0.2, 0.25) is 0 Å². The van der Waals surface area contributed by atoms with Crippen molar-refractivity contribution in [3.63, 3.8) is 0 Å². The van der Waals surface area contributed by atoms with Crippen molar-refractivity contribution in [2.75, 3.05) is 0 Å². The second-order valence-corrected chi connectivity index (χ2v) is 4.31. The standard InChI is InChI=1S/C10H7ClINO2/c11-5-8-6-14-10(13-8)15-9-3-1-2-7(12)4-9/h1-4,6H,5H2. The Morgan fingerprint density at radius 1 is 1.47 bits per heavy atom. The van der Waals surface area contributed by atoms with E-state index in [2.05, 4.69) is 27.6 Å². The normalized spacial score (nSPS) is 10.3. The van der Waals surface area contributed by atoms with E-state index in [-0.39, 0.29) is 6.08 Å². The fourth-order valence-electron chi connectivity index (χ4n) is 1.03. The minimum Gasteiger partial charge on any atom is -0.417 e.